The van der Waals surface area contributed by atoms with Crippen LogP contribution in [0.3, 0.4) is 0 Å². The number of fused-ring (bicyclic) bond motifs is 1. The smallest absolute Gasteiger partial charge is 0.326 e. The lowest BCUT2D eigenvalue weighted by atomic mass is 10.0. The molecule has 1 amide bonds. The minimum Gasteiger partial charge on any atom is -0.480 e. The van der Waals surface area contributed by atoms with E-state index >= 15 is 0 Å². The van der Waals surface area contributed by atoms with Crippen LogP contribution in [0.5, 0.6) is 0 Å². The number of carbonyl (C=O) groups excluding carboxylic acids is 1. The van der Waals surface area contributed by atoms with E-state index in [4.69, 9.17) is 10.5 Å². The van der Waals surface area contributed by atoms with Crippen LogP contribution in [0.2, 0.25) is 0 Å². The van der Waals surface area contributed by atoms with Crippen LogP contribution in [-0.4, -0.2) is 71.1 Å². The summed E-state index contributed by atoms with van der Waals surface area (Å²) in [4.78, 5) is 36.3. The first kappa shape index (κ1) is 21.6. The standard InChI is InChI=1S/C20H22N6O6/c21-16-12-17(23-8-22-16)26(9-24-12)19-14(28)13(27)15(32-19)18(29)25-11(20(30)31)7-6-10-4-2-1-3-5-10/h1-5,8-9,11,13-15,19,27-28H,6-7H2,(H,25,29)(H,30,31)(H2,21,22,23)/t11-,13-,14+,15-,19+/m0/s1. The first-order valence-electron chi connectivity index (χ1n) is 9.88. The van der Waals surface area contributed by atoms with Gasteiger partial charge in [0.15, 0.2) is 23.8 Å². The molecule has 2 aromatic heterocycles. The number of carboxylic acid groups (broad SMARTS) is 1. The summed E-state index contributed by atoms with van der Waals surface area (Å²) in [5.41, 5.74) is 7.21. The summed E-state index contributed by atoms with van der Waals surface area (Å²) >= 11 is 0. The minimum atomic E-state index is -1.60. The summed E-state index contributed by atoms with van der Waals surface area (Å²) in [6.07, 6.45) is -2.69. The van der Waals surface area contributed by atoms with Crippen LogP contribution in [0.4, 0.5) is 5.82 Å². The summed E-state index contributed by atoms with van der Waals surface area (Å²) in [5, 5.41) is 32.8. The summed E-state index contributed by atoms with van der Waals surface area (Å²) in [5.74, 6) is -1.94. The SMILES string of the molecule is Nc1ncnc2c1ncn2[C@@H]1O[C@H](C(=O)N[C@@H](CCc2ccccc2)C(=O)O)[C@@H](O)[C@H]1O. The zero-order chi connectivity index (χ0) is 22.8. The largest absolute Gasteiger partial charge is 0.480 e. The number of anilines is 1. The molecule has 12 heteroatoms. The van der Waals surface area contributed by atoms with E-state index in [0.717, 1.165) is 5.56 Å². The van der Waals surface area contributed by atoms with E-state index < -0.39 is 42.5 Å². The highest BCUT2D eigenvalue weighted by Crippen LogP contribution is 2.32. The molecule has 3 heterocycles. The Labute approximate surface area is 181 Å². The van der Waals surface area contributed by atoms with E-state index in [-0.39, 0.29) is 23.4 Å². The van der Waals surface area contributed by atoms with Crippen LogP contribution >= 0.6 is 0 Å². The number of benzene rings is 1. The first-order valence-corrected chi connectivity index (χ1v) is 9.88. The van der Waals surface area contributed by atoms with Crippen molar-refractivity contribution in [3.05, 3.63) is 48.5 Å². The summed E-state index contributed by atoms with van der Waals surface area (Å²) in [6.45, 7) is 0. The Balaban J connectivity index is 1.47. The van der Waals surface area contributed by atoms with E-state index in [1.165, 1.54) is 17.2 Å². The summed E-state index contributed by atoms with van der Waals surface area (Å²) in [7, 11) is 0. The average Bonchev–Trinajstić information content (AvgIpc) is 3.34. The second-order valence-electron chi connectivity index (χ2n) is 7.44. The molecule has 0 aliphatic carbocycles. The van der Waals surface area contributed by atoms with Gasteiger partial charge in [0.1, 0.15) is 30.1 Å². The third-order valence-corrected chi connectivity index (χ3v) is 5.34. The van der Waals surface area contributed by atoms with E-state index in [1.54, 1.807) is 0 Å². The average molecular weight is 442 g/mol. The second-order valence-corrected chi connectivity index (χ2v) is 7.44. The van der Waals surface area contributed by atoms with E-state index in [2.05, 4.69) is 20.3 Å². The fourth-order valence-electron chi connectivity index (χ4n) is 3.63. The topological polar surface area (TPSA) is 186 Å². The predicted molar refractivity (Wildman–Crippen MR) is 110 cm³/mol. The number of nitrogen functional groups attached to an aromatic ring is 1. The van der Waals surface area contributed by atoms with Crippen molar-refractivity contribution in [3.8, 4) is 0 Å². The van der Waals surface area contributed by atoms with Crippen LogP contribution < -0.4 is 11.1 Å². The molecule has 1 saturated heterocycles. The number of aromatic nitrogens is 4. The van der Waals surface area contributed by atoms with Gasteiger partial charge in [-0.25, -0.2) is 19.7 Å². The Morgan fingerprint density at radius 2 is 1.91 bits per heavy atom. The van der Waals surface area contributed by atoms with Crippen LogP contribution in [0, 0.1) is 0 Å². The summed E-state index contributed by atoms with van der Waals surface area (Å²) < 4.78 is 6.93. The molecule has 3 aromatic rings. The number of aryl methyl sites for hydroxylation is 1. The fourth-order valence-corrected chi connectivity index (χ4v) is 3.63. The molecular weight excluding hydrogens is 420 g/mol. The number of imidazole rings is 1. The number of aliphatic hydroxyl groups is 2. The van der Waals surface area contributed by atoms with Crippen molar-refractivity contribution in [3.63, 3.8) is 0 Å². The van der Waals surface area contributed by atoms with Crippen molar-refractivity contribution in [2.24, 2.45) is 0 Å². The van der Waals surface area contributed by atoms with Gasteiger partial charge in [-0.2, -0.15) is 0 Å². The van der Waals surface area contributed by atoms with Gasteiger partial charge in [-0.3, -0.25) is 9.36 Å². The van der Waals surface area contributed by atoms with Gasteiger partial charge in [-0.05, 0) is 18.4 Å². The Kier molecular flexibility index (Phi) is 5.99. The third-order valence-electron chi connectivity index (χ3n) is 5.34. The Morgan fingerprint density at radius 3 is 2.62 bits per heavy atom. The van der Waals surface area contributed by atoms with Gasteiger partial charge in [0, 0.05) is 0 Å². The number of hydrogen-bond acceptors (Lipinski definition) is 9. The number of amides is 1. The number of hydrogen-bond donors (Lipinski definition) is 5. The Morgan fingerprint density at radius 1 is 1.16 bits per heavy atom. The molecule has 4 rings (SSSR count). The monoisotopic (exact) mass is 442 g/mol. The van der Waals surface area contributed by atoms with Crippen molar-refractivity contribution in [1.29, 1.82) is 0 Å². The normalized spacial score (nSPS) is 23.8. The van der Waals surface area contributed by atoms with E-state index in [0.29, 0.717) is 6.42 Å². The number of nitrogens with zero attached hydrogens (tertiary/aromatic N) is 4. The van der Waals surface area contributed by atoms with Gasteiger partial charge in [0.2, 0.25) is 0 Å². The highest BCUT2D eigenvalue weighted by molar-refractivity contribution is 5.87. The highest BCUT2D eigenvalue weighted by Gasteiger charge is 2.48. The number of nitrogens with one attached hydrogen (secondary N) is 1. The molecule has 1 aliphatic heterocycles. The summed E-state index contributed by atoms with van der Waals surface area (Å²) in [6, 6.07) is 8.05. The zero-order valence-corrected chi connectivity index (χ0v) is 16.8. The molecule has 12 nitrogen and oxygen atoms in total. The first-order chi connectivity index (χ1) is 15.4. The molecular formula is C20H22N6O6. The third kappa shape index (κ3) is 4.10. The van der Waals surface area contributed by atoms with Crippen LogP contribution in [0.15, 0.2) is 43.0 Å². The molecule has 1 aliphatic rings. The molecule has 0 saturated carbocycles. The lowest BCUT2D eigenvalue weighted by molar-refractivity contribution is -0.146. The quantitative estimate of drug-likeness (QED) is 0.311. The maximum absolute atomic E-state index is 12.7. The molecule has 0 spiro atoms. The van der Waals surface area contributed by atoms with Crippen molar-refractivity contribution in [1.82, 2.24) is 24.8 Å². The van der Waals surface area contributed by atoms with Crippen LogP contribution in [0.1, 0.15) is 18.2 Å². The van der Waals surface area contributed by atoms with Crippen LogP contribution in [-0.2, 0) is 20.7 Å². The second kappa shape index (κ2) is 8.86. The number of aliphatic hydroxyl groups excluding tert-OH is 2. The van der Waals surface area contributed by atoms with E-state index in [9.17, 15) is 24.9 Å². The van der Waals surface area contributed by atoms with Crippen LogP contribution in [0.25, 0.3) is 11.2 Å². The maximum atomic E-state index is 12.7. The Hall–Kier alpha value is -3.61. The van der Waals surface area contributed by atoms with Gasteiger partial charge in [0.25, 0.3) is 5.91 Å². The molecule has 0 unspecified atom stereocenters. The van der Waals surface area contributed by atoms with Crippen molar-refractivity contribution in [2.45, 2.75) is 43.4 Å². The van der Waals surface area contributed by atoms with Gasteiger partial charge in [0.05, 0.1) is 6.33 Å². The maximum Gasteiger partial charge on any atom is 0.326 e. The lowest BCUT2D eigenvalue weighted by Gasteiger charge is -2.19. The molecule has 0 radical (unpaired) electrons. The van der Waals surface area contributed by atoms with Gasteiger partial charge < -0.3 is 31.1 Å². The van der Waals surface area contributed by atoms with Crippen molar-refractivity contribution >= 4 is 28.9 Å². The predicted octanol–water partition coefficient (Wildman–Crippen LogP) is -0.770. The van der Waals surface area contributed by atoms with Gasteiger partial charge in [-0.1, -0.05) is 30.3 Å². The number of ether oxygens (including phenoxy) is 1. The number of carbonyl (C=O) groups is 2. The molecule has 168 valence electrons. The van der Waals surface area contributed by atoms with Crippen molar-refractivity contribution < 1.29 is 29.6 Å². The molecule has 32 heavy (non-hydrogen) atoms. The minimum absolute atomic E-state index is 0.124. The lowest BCUT2D eigenvalue weighted by Crippen LogP contribution is -2.49. The number of aliphatic carboxylic acids is 1. The van der Waals surface area contributed by atoms with E-state index in [1.807, 2.05) is 30.3 Å². The van der Waals surface area contributed by atoms with Gasteiger partial charge >= 0.3 is 5.97 Å². The number of rotatable bonds is 7. The van der Waals surface area contributed by atoms with Crippen molar-refractivity contribution in [2.75, 3.05) is 5.73 Å². The molecule has 6 N–H and O–H groups in total. The zero-order valence-electron chi connectivity index (χ0n) is 16.8. The molecule has 1 fully saturated rings. The Bertz CT molecular complexity index is 1120. The highest BCUT2D eigenvalue weighted by atomic mass is 16.6. The van der Waals surface area contributed by atoms with Gasteiger partial charge in [-0.15, -0.1) is 0 Å². The fraction of sp³-hybridized carbons (Fsp3) is 0.350. The molecule has 5 atom stereocenters. The molecule has 1 aromatic carbocycles. The number of carboxylic acids is 1. The number of nitrogens with two attached hydrogens (primary N) is 1. The molecule has 0 bridgehead atoms.